The van der Waals surface area contributed by atoms with Crippen molar-refractivity contribution in [3.05, 3.63) is 35.9 Å². The molecule has 0 N–H and O–H groups in total. The van der Waals surface area contributed by atoms with Gasteiger partial charge in [-0.1, -0.05) is 30.3 Å². The van der Waals surface area contributed by atoms with E-state index in [1.165, 1.54) is 0 Å². The topological polar surface area (TPSA) is 41.5 Å². The molecule has 0 aromatic heterocycles. The van der Waals surface area contributed by atoms with Gasteiger partial charge in [0.05, 0.1) is 13.2 Å². The van der Waals surface area contributed by atoms with Crippen LogP contribution in [0.15, 0.2) is 30.3 Å². The van der Waals surface area contributed by atoms with Crippen molar-refractivity contribution in [2.24, 2.45) is 0 Å². The van der Waals surface area contributed by atoms with Crippen LogP contribution in [0.25, 0.3) is 0 Å². The van der Waals surface area contributed by atoms with Crippen LogP contribution in [0.1, 0.15) is 31.0 Å². The molecule has 1 heterocycles. The van der Waals surface area contributed by atoms with Crippen molar-refractivity contribution >= 4 is 7.94 Å². The maximum Gasteiger partial charge on any atom is 0.245 e. The first-order valence-corrected chi connectivity index (χ1v) is 7.31. The zero-order valence-electron chi connectivity index (χ0n) is 9.46. The standard InChI is InChI=1S/C12H17O3P/c1-2-14-16(13)12(9-6-10-15-16)11-7-4-3-5-8-11/h3-5,7-8,12H,2,6,9-10H2,1H3/t12-,16?/m0/s1. The SMILES string of the molecule is CCO[P+]1([O-])OCCC[C@H]1c1ccccc1. The van der Waals surface area contributed by atoms with Gasteiger partial charge in [0.25, 0.3) is 0 Å². The van der Waals surface area contributed by atoms with Crippen LogP contribution >= 0.6 is 7.94 Å². The Labute approximate surface area is 97.0 Å². The Balaban J connectivity index is 2.23. The van der Waals surface area contributed by atoms with Crippen LogP contribution in [0, 0.1) is 0 Å². The van der Waals surface area contributed by atoms with E-state index in [0.29, 0.717) is 13.2 Å². The zero-order chi connectivity index (χ0) is 11.4. The first kappa shape index (κ1) is 12.0. The van der Waals surface area contributed by atoms with Crippen LogP contribution in [0.3, 0.4) is 0 Å². The highest BCUT2D eigenvalue weighted by Crippen LogP contribution is 2.68. The van der Waals surface area contributed by atoms with E-state index >= 15 is 0 Å². The van der Waals surface area contributed by atoms with Gasteiger partial charge in [-0.25, -0.2) is 9.05 Å². The molecule has 88 valence electrons. The summed E-state index contributed by atoms with van der Waals surface area (Å²) < 4.78 is 10.8. The van der Waals surface area contributed by atoms with Gasteiger partial charge in [0.2, 0.25) is 7.94 Å². The Morgan fingerprint density at radius 1 is 1.44 bits per heavy atom. The van der Waals surface area contributed by atoms with Gasteiger partial charge in [-0.15, -0.1) is 0 Å². The number of hydrogen-bond donors (Lipinski definition) is 0. The zero-order valence-corrected chi connectivity index (χ0v) is 10.4. The summed E-state index contributed by atoms with van der Waals surface area (Å²) >= 11 is 0. The number of rotatable bonds is 3. The van der Waals surface area contributed by atoms with Crippen molar-refractivity contribution < 1.29 is 13.9 Å². The lowest BCUT2D eigenvalue weighted by Crippen LogP contribution is -2.26. The van der Waals surface area contributed by atoms with E-state index in [1.807, 2.05) is 37.3 Å². The quantitative estimate of drug-likeness (QED) is 0.763. The molecule has 0 radical (unpaired) electrons. The van der Waals surface area contributed by atoms with E-state index in [4.69, 9.17) is 9.05 Å². The van der Waals surface area contributed by atoms with E-state index in [2.05, 4.69) is 0 Å². The van der Waals surface area contributed by atoms with Crippen molar-refractivity contribution in [3.8, 4) is 0 Å². The summed E-state index contributed by atoms with van der Waals surface area (Å²) in [6.07, 6.45) is 1.82. The third-order valence-electron chi connectivity index (χ3n) is 2.77. The minimum atomic E-state index is -2.95. The minimum Gasteiger partial charge on any atom is -0.631 e. The van der Waals surface area contributed by atoms with Gasteiger partial charge in [-0.05, 0) is 25.3 Å². The van der Waals surface area contributed by atoms with E-state index in [1.54, 1.807) is 0 Å². The molecule has 3 nitrogen and oxygen atoms in total. The molecule has 0 aliphatic carbocycles. The van der Waals surface area contributed by atoms with Crippen molar-refractivity contribution in [2.45, 2.75) is 25.4 Å². The maximum absolute atomic E-state index is 12.5. The lowest BCUT2D eigenvalue weighted by Gasteiger charge is -2.37. The van der Waals surface area contributed by atoms with E-state index in [0.717, 1.165) is 18.4 Å². The van der Waals surface area contributed by atoms with E-state index in [9.17, 15) is 4.89 Å². The normalized spacial score (nSPS) is 30.2. The third kappa shape index (κ3) is 2.44. The molecular formula is C12H17O3P. The molecule has 2 rings (SSSR count). The second-order valence-electron chi connectivity index (χ2n) is 3.86. The fourth-order valence-corrected chi connectivity index (χ4v) is 4.26. The maximum atomic E-state index is 12.5. The Morgan fingerprint density at radius 2 is 2.19 bits per heavy atom. The average molecular weight is 240 g/mol. The lowest BCUT2D eigenvalue weighted by molar-refractivity contribution is -0.225. The van der Waals surface area contributed by atoms with Crippen molar-refractivity contribution in [1.29, 1.82) is 0 Å². The summed E-state index contributed by atoms with van der Waals surface area (Å²) in [7, 11) is -2.95. The van der Waals surface area contributed by atoms with Crippen LogP contribution in [0.5, 0.6) is 0 Å². The predicted molar refractivity (Wildman–Crippen MR) is 62.9 cm³/mol. The molecule has 1 aliphatic rings. The van der Waals surface area contributed by atoms with Crippen LogP contribution in [-0.4, -0.2) is 13.2 Å². The fraction of sp³-hybridized carbons (Fsp3) is 0.500. The summed E-state index contributed by atoms with van der Waals surface area (Å²) in [4.78, 5) is 12.5. The lowest BCUT2D eigenvalue weighted by atomic mass is 10.1. The Kier molecular flexibility index (Phi) is 3.93. The largest absolute Gasteiger partial charge is 0.631 e. The highest BCUT2D eigenvalue weighted by atomic mass is 31.2. The first-order valence-electron chi connectivity index (χ1n) is 5.70. The van der Waals surface area contributed by atoms with Crippen LogP contribution in [0.2, 0.25) is 0 Å². The third-order valence-corrected chi connectivity index (χ3v) is 5.25. The highest BCUT2D eigenvalue weighted by molar-refractivity contribution is 7.59. The number of hydrogen-bond acceptors (Lipinski definition) is 3. The summed E-state index contributed by atoms with van der Waals surface area (Å²) in [5, 5.41) is 0. The van der Waals surface area contributed by atoms with Gasteiger partial charge >= 0.3 is 0 Å². The monoisotopic (exact) mass is 240 g/mol. The summed E-state index contributed by atoms with van der Waals surface area (Å²) in [5.74, 6) is 0. The molecule has 1 aromatic rings. The van der Waals surface area contributed by atoms with Crippen molar-refractivity contribution in [2.75, 3.05) is 13.2 Å². The smallest absolute Gasteiger partial charge is 0.245 e. The molecule has 16 heavy (non-hydrogen) atoms. The molecule has 2 atom stereocenters. The molecular weight excluding hydrogens is 223 g/mol. The average Bonchev–Trinajstić information content (AvgIpc) is 2.31. The van der Waals surface area contributed by atoms with Crippen molar-refractivity contribution in [1.82, 2.24) is 0 Å². The molecule has 1 aliphatic heterocycles. The van der Waals surface area contributed by atoms with Gasteiger partial charge in [0.15, 0.2) is 0 Å². The highest BCUT2D eigenvalue weighted by Gasteiger charge is 2.44. The molecule has 0 amide bonds. The Hall–Kier alpha value is -0.470. The summed E-state index contributed by atoms with van der Waals surface area (Å²) in [5.41, 5.74) is 0.960. The Morgan fingerprint density at radius 3 is 2.88 bits per heavy atom. The second-order valence-corrected chi connectivity index (χ2v) is 6.08. The Bertz CT molecular complexity index is 326. The first-order chi connectivity index (χ1) is 7.76. The van der Waals surface area contributed by atoms with Gasteiger partial charge < -0.3 is 4.89 Å². The molecule has 0 bridgehead atoms. The fourth-order valence-electron chi connectivity index (χ4n) is 2.05. The van der Waals surface area contributed by atoms with E-state index < -0.39 is 7.94 Å². The van der Waals surface area contributed by atoms with Gasteiger partial charge in [-0.2, -0.15) is 0 Å². The van der Waals surface area contributed by atoms with Gasteiger partial charge in [-0.3, -0.25) is 0 Å². The summed E-state index contributed by atoms with van der Waals surface area (Å²) in [6, 6.07) is 9.86. The molecule has 1 saturated heterocycles. The van der Waals surface area contributed by atoms with Crippen LogP contribution in [0.4, 0.5) is 0 Å². The van der Waals surface area contributed by atoms with Gasteiger partial charge in [0.1, 0.15) is 5.66 Å². The second kappa shape index (κ2) is 5.24. The molecule has 4 heteroatoms. The van der Waals surface area contributed by atoms with Crippen LogP contribution in [-0.2, 0) is 9.05 Å². The number of benzene rings is 1. The molecule has 1 unspecified atom stereocenters. The predicted octanol–water partition coefficient (Wildman–Crippen LogP) is 2.70. The van der Waals surface area contributed by atoms with Crippen molar-refractivity contribution in [3.63, 3.8) is 0 Å². The van der Waals surface area contributed by atoms with E-state index in [-0.39, 0.29) is 5.66 Å². The molecule has 0 spiro atoms. The van der Waals surface area contributed by atoms with Crippen LogP contribution < -0.4 is 4.89 Å². The minimum absolute atomic E-state index is 0.0950. The van der Waals surface area contributed by atoms with Gasteiger partial charge in [0, 0.05) is 0 Å². The molecule has 1 aromatic carbocycles. The summed E-state index contributed by atoms with van der Waals surface area (Å²) in [6.45, 7) is 2.82. The molecule has 1 fully saturated rings. The molecule has 0 saturated carbocycles.